The topological polar surface area (TPSA) is 23.8 Å². The van der Waals surface area contributed by atoms with Gasteiger partial charge in [-0.1, -0.05) is 26.2 Å². The van der Waals surface area contributed by atoms with Gasteiger partial charge in [-0.2, -0.15) is 0 Å². The number of rotatable bonds is 2. The molecule has 0 heterocycles. The molecular formula is C9H18N. The summed E-state index contributed by atoms with van der Waals surface area (Å²) in [6.07, 6.45) is 7.98. The van der Waals surface area contributed by atoms with Crippen LogP contribution in [0, 0.1) is 5.41 Å². The predicted molar refractivity (Wildman–Crippen MR) is 43.8 cm³/mol. The molecule has 1 heteroatoms. The number of hydrogen-bond donors (Lipinski definition) is 0. The maximum atomic E-state index is 7.45. The van der Waals surface area contributed by atoms with Gasteiger partial charge in [0.05, 0.1) is 0 Å². The molecule has 0 aromatic heterocycles. The van der Waals surface area contributed by atoms with Crippen LogP contribution in [0.15, 0.2) is 0 Å². The lowest BCUT2D eigenvalue weighted by Gasteiger charge is -2.34. The molecule has 1 nitrogen and oxygen atoms in total. The first kappa shape index (κ1) is 8.06. The minimum atomic E-state index is 0.429. The minimum absolute atomic E-state index is 0.429. The zero-order valence-electron chi connectivity index (χ0n) is 6.95. The van der Waals surface area contributed by atoms with Crippen molar-refractivity contribution in [3.8, 4) is 0 Å². The highest BCUT2D eigenvalue weighted by Crippen LogP contribution is 2.38. The molecule has 10 heavy (non-hydrogen) atoms. The third-order valence-electron chi connectivity index (χ3n) is 3.04. The molecule has 0 spiro atoms. The van der Waals surface area contributed by atoms with Crippen molar-refractivity contribution >= 4 is 0 Å². The van der Waals surface area contributed by atoms with Gasteiger partial charge in [0.15, 0.2) is 0 Å². The molecule has 1 rings (SSSR count). The van der Waals surface area contributed by atoms with Crippen molar-refractivity contribution in [3.63, 3.8) is 0 Å². The fourth-order valence-corrected chi connectivity index (χ4v) is 1.96. The highest BCUT2D eigenvalue weighted by atomic mass is 14.6. The summed E-state index contributed by atoms with van der Waals surface area (Å²) in [6.45, 7) is 2.89. The zero-order valence-corrected chi connectivity index (χ0v) is 6.95. The fraction of sp³-hybridized carbons (Fsp3) is 1.00. The average Bonchev–Trinajstić information content (AvgIpc) is 2.06. The van der Waals surface area contributed by atoms with Gasteiger partial charge in [-0.25, -0.2) is 0 Å². The Morgan fingerprint density at radius 2 is 1.80 bits per heavy atom. The standard InChI is InChI=1S/C9H18N/c1-2-9(8-10)6-4-3-5-7-9/h10H,2-8H2,1H3. The van der Waals surface area contributed by atoms with Crippen molar-refractivity contribution in [3.05, 3.63) is 0 Å². The maximum absolute atomic E-state index is 7.45. The van der Waals surface area contributed by atoms with Crippen LogP contribution in [-0.4, -0.2) is 6.54 Å². The second-order valence-electron chi connectivity index (χ2n) is 3.59. The minimum Gasteiger partial charge on any atom is -0.257 e. The first-order valence-corrected chi connectivity index (χ1v) is 4.47. The third-order valence-corrected chi connectivity index (χ3v) is 3.04. The molecule has 0 saturated heterocycles. The summed E-state index contributed by atoms with van der Waals surface area (Å²) in [5.74, 6) is 0. The summed E-state index contributed by atoms with van der Waals surface area (Å²) in [7, 11) is 0. The Kier molecular flexibility index (Phi) is 2.72. The Labute approximate surface area is 64.0 Å². The van der Waals surface area contributed by atoms with Gasteiger partial charge in [0, 0.05) is 6.54 Å². The normalized spacial score (nSPS) is 24.6. The quantitative estimate of drug-likeness (QED) is 0.563. The van der Waals surface area contributed by atoms with E-state index in [4.69, 9.17) is 5.73 Å². The predicted octanol–water partition coefficient (Wildman–Crippen LogP) is 2.63. The van der Waals surface area contributed by atoms with Crippen molar-refractivity contribution in [1.29, 1.82) is 0 Å². The Morgan fingerprint density at radius 1 is 1.20 bits per heavy atom. The highest BCUT2D eigenvalue weighted by Gasteiger charge is 2.28. The fourth-order valence-electron chi connectivity index (χ4n) is 1.96. The zero-order chi connectivity index (χ0) is 7.45. The van der Waals surface area contributed by atoms with E-state index in [1.165, 1.54) is 38.5 Å². The van der Waals surface area contributed by atoms with E-state index in [2.05, 4.69) is 6.92 Å². The summed E-state index contributed by atoms with van der Waals surface area (Å²) >= 11 is 0. The molecule has 0 aliphatic heterocycles. The molecule has 1 aliphatic carbocycles. The van der Waals surface area contributed by atoms with Crippen LogP contribution in [0.4, 0.5) is 0 Å². The monoisotopic (exact) mass is 140 g/mol. The summed E-state index contributed by atoms with van der Waals surface area (Å²) in [5.41, 5.74) is 7.87. The third kappa shape index (κ3) is 1.51. The van der Waals surface area contributed by atoms with Gasteiger partial charge >= 0.3 is 0 Å². The van der Waals surface area contributed by atoms with Crippen LogP contribution < -0.4 is 5.73 Å². The number of nitrogens with one attached hydrogen (secondary N) is 1. The van der Waals surface area contributed by atoms with E-state index in [-0.39, 0.29) is 0 Å². The molecule has 0 atom stereocenters. The van der Waals surface area contributed by atoms with Crippen molar-refractivity contribution < 1.29 is 0 Å². The molecule has 59 valence electrons. The molecule has 1 radical (unpaired) electrons. The lowest BCUT2D eigenvalue weighted by molar-refractivity contribution is 0.188. The summed E-state index contributed by atoms with van der Waals surface area (Å²) in [4.78, 5) is 0. The van der Waals surface area contributed by atoms with E-state index < -0.39 is 0 Å². The van der Waals surface area contributed by atoms with Crippen molar-refractivity contribution in [2.45, 2.75) is 45.4 Å². The molecule has 1 aliphatic rings. The van der Waals surface area contributed by atoms with Gasteiger partial charge in [0.25, 0.3) is 0 Å². The molecule has 0 aromatic carbocycles. The van der Waals surface area contributed by atoms with E-state index in [1.807, 2.05) is 0 Å². The van der Waals surface area contributed by atoms with Crippen LogP contribution >= 0.6 is 0 Å². The molecule has 0 amide bonds. The van der Waals surface area contributed by atoms with Crippen molar-refractivity contribution in [1.82, 2.24) is 5.73 Å². The Balaban J connectivity index is 2.44. The lowest BCUT2D eigenvalue weighted by atomic mass is 9.72. The van der Waals surface area contributed by atoms with Crippen molar-refractivity contribution in [2.75, 3.05) is 6.54 Å². The van der Waals surface area contributed by atoms with Crippen LogP contribution in [0.25, 0.3) is 0 Å². The molecular weight excluding hydrogens is 122 g/mol. The average molecular weight is 140 g/mol. The molecule has 0 bridgehead atoms. The van der Waals surface area contributed by atoms with Gasteiger partial charge in [0.2, 0.25) is 0 Å². The SMILES string of the molecule is CCC1(C[NH])CCCCC1. The van der Waals surface area contributed by atoms with Crippen LogP contribution in [-0.2, 0) is 0 Å². The van der Waals surface area contributed by atoms with Crippen LogP contribution in [0.2, 0.25) is 0 Å². The van der Waals surface area contributed by atoms with E-state index in [9.17, 15) is 0 Å². The summed E-state index contributed by atoms with van der Waals surface area (Å²) in [6, 6.07) is 0. The highest BCUT2D eigenvalue weighted by molar-refractivity contribution is 4.81. The molecule has 1 fully saturated rings. The van der Waals surface area contributed by atoms with Crippen LogP contribution in [0.5, 0.6) is 0 Å². The molecule has 1 N–H and O–H groups in total. The van der Waals surface area contributed by atoms with Crippen molar-refractivity contribution in [2.24, 2.45) is 5.41 Å². The second kappa shape index (κ2) is 3.38. The number of hydrogen-bond acceptors (Lipinski definition) is 0. The maximum Gasteiger partial charge on any atom is 0.0156 e. The Bertz CT molecular complexity index is 86.9. The first-order chi connectivity index (χ1) is 4.83. The van der Waals surface area contributed by atoms with Gasteiger partial charge in [-0.05, 0) is 24.7 Å². The van der Waals surface area contributed by atoms with E-state index in [1.54, 1.807) is 0 Å². The Hall–Kier alpha value is -0.0400. The van der Waals surface area contributed by atoms with Gasteiger partial charge < -0.3 is 0 Å². The van der Waals surface area contributed by atoms with Gasteiger partial charge in [0.1, 0.15) is 0 Å². The Morgan fingerprint density at radius 3 is 2.10 bits per heavy atom. The van der Waals surface area contributed by atoms with Crippen LogP contribution in [0.1, 0.15) is 45.4 Å². The lowest BCUT2D eigenvalue weighted by Crippen LogP contribution is -2.27. The van der Waals surface area contributed by atoms with Gasteiger partial charge in [-0.15, -0.1) is 0 Å². The largest absolute Gasteiger partial charge is 0.257 e. The van der Waals surface area contributed by atoms with E-state index >= 15 is 0 Å². The van der Waals surface area contributed by atoms with Crippen LogP contribution in [0.3, 0.4) is 0 Å². The first-order valence-electron chi connectivity index (χ1n) is 4.47. The smallest absolute Gasteiger partial charge is 0.0156 e. The molecule has 0 unspecified atom stereocenters. The summed E-state index contributed by atoms with van der Waals surface area (Å²) in [5, 5.41) is 0. The second-order valence-corrected chi connectivity index (χ2v) is 3.59. The summed E-state index contributed by atoms with van der Waals surface area (Å²) < 4.78 is 0. The van der Waals surface area contributed by atoms with Gasteiger partial charge in [-0.3, -0.25) is 5.73 Å². The van der Waals surface area contributed by atoms with E-state index in [0.29, 0.717) is 12.0 Å². The van der Waals surface area contributed by atoms with E-state index in [0.717, 1.165) is 0 Å². The molecule has 0 aromatic rings. The molecule has 1 saturated carbocycles.